The number of alkyl halides is 3. The molecule has 2 nitrogen and oxygen atoms in total. The summed E-state index contributed by atoms with van der Waals surface area (Å²) in [7, 11) is 0. The molecule has 0 spiro atoms. The molecule has 2 N–H and O–H groups in total. The van der Waals surface area contributed by atoms with Crippen molar-refractivity contribution < 1.29 is 13.2 Å². The summed E-state index contributed by atoms with van der Waals surface area (Å²) in [6.45, 7) is 3.13. The van der Waals surface area contributed by atoms with E-state index in [1.165, 1.54) is 0 Å². The number of hydrogen-bond acceptors (Lipinski definition) is 2. The minimum Gasteiger partial charge on any atom is -0.292 e. The lowest BCUT2D eigenvalue weighted by atomic mass is 10.0. The molecule has 0 aliphatic carbocycles. The summed E-state index contributed by atoms with van der Waals surface area (Å²) in [5, 5.41) is 4.43. The quantitative estimate of drug-likeness (QED) is 0.528. The molecule has 1 rings (SSSR count). The van der Waals surface area contributed by atoms with Gasteiger partial charge in [0.2, 0.25) is 0 Å². The molecule has 0 unspecified atom stereocenters. The van der Waals surface area contributed by atoms with Gasteiger partial charge in [0.05, 0.1) is 0 Å². The maximum Gasteiger partial charge on any atom is 0.407 e. The van der Waals surface area contributed by atoms with Crippen molar-refractivity contribution in [3.63, 3.8) is 0 Å². The fraction of sp³-hybridized carbons (Fsp3) is 0.800. The van der Waals surface area contributed by atoms with Crippen LogP contribution in [0.5, 0.6) is 0 Å². The highest BCUT2D eigenvalue weighted by atomic mass is 19.4. The standard InChI is InChI=1S/C5H7F3N2/c1-4(5(6,7)8)2-9-3-10-4/h9-10H,2H2,1H3/t4-/m0/s1. The van der Waals surface area contributed by atoms with Crippen LogP contribution in [0.15, 0.2) is 0 Å². The molecule has 0 saturated carbocycles. The van der Waals surface area contributed by atoms with Crippen molar-refractivity contribution in [3.05, 3.63) is 6.67 Å². The Balaban J connectivity index is 2.67. The molecule has 0 bridgehead atoms. The number of rotatable bonds is 0. The van der Waals surface area contributed by atoms with Gasteiger partial charge in [0, 0.05) is 6.54 Å². The lowest BCUT2D eigenvalue weighted by molar-refractivity contribution is -0.182. The van der Waals surface area contributed by atoms with Crippen molar-refractivity contribution in [3.8, 4) is 0 Å². The first-order valence-corrected chi connectivity index (χ1v) is 2.77. The molecule has 1 atom stereocenters. The Morgan fingerprint density at radius 1 is 1.50 bits per heavy atom. The molecule has 1 saturated heterocycles. The van der Waals surface area contributed by atoms with E-state index in [0.29, 0.717) is 0 Å². The van der Waals surface area contributed by atoms with Crippen LogP contribution in [0.3, 0.4) is 0 Å². The van der Waals surface area contributed by atoms with E-state index >= 15 is 0 Å². The van der Waals surface area contributed by atoms with Gasteiger partial charge >= 0.3 is 6.18 Å². The zero-order chi connectivity index (χ0) is 7.83. The molecule has 2 radical (unpaired) electrons. The van der Waals surface area contributed by atoms with Gasteiger partial charge in [0.15, 0.2) is 0 Å². The fourth-order valence-corrected chi connectivity index (χ4v) is 0.618. The Kier molecular flexibility index (Phi) is 1.64. The first-order chi connectivity index (χ1) is 4.46. The first-order valence-electron chi connectivity index (χ1n) is 2.77. The summed E-state index contributed by atoms with van der Waals surface area (Å²) in [6.07, 6.45) is -4.22. The molecule has 1 aliphatic rings. The summed E-state index contributed by atoms with van der Waals surface area (Å²) >= 11 is 0. The Morgan fingerprint density at radius 2 is 2.10 bits per heavy atom. The SMILES string of the molecule is C[C@@]1(C(F)(F)F)CN[C]N1. The lowest BCUT2D eigenvalue weighted by Crippen LogP contribution is -2.52. The van der Waals surface area contributed by atoms with Crippen LogP contribution >= 0.6 is 0 Å². The molecule has 0 aromatic heterocycles. The van der Waals surface area contributed by atoms with Gasteiger partial charge in [-0.1, -0.05) is 0 Å². The highest BCUT2D eigenvalue weighted by Crippen LogP contribution is 2.31. The van der Waals surface area contributed by atoms with Crippen LogP contribution in [0, 0.1) is 6.67 Å². The third kappa shape index (κ3) is 1.11. The van der Waals surface area contributed by atoms with Gasteiger partial charge in [-0.2, -0.15) is 13.2 Å². The Morgan fingerprint density at radius 3 is 2.30 bits per heavy atom. The van der Waals surface area contributed by atoms with Gasteiger partial charge in [-0.25, -0.2) is 0 Å². The van der Waals surface area contributed by atoms with Crippen LogP contribution in [0.4, 0.5) is 13.2 Å². The fourth-order valence-electron chi connectivity index (χ4n) is 0.618. The van der Waals surface area contributed by atoms with E-state index in [0.717, 1.165) is 6.92 Å². The van der Waals surface area contributed by atoms with Crippen molar-refractivity contribution in [2.45, 2.75) is 18.6 Å². The van der Waals surface area contributed by atoms with Crippen LogP contribution in [-0.4, -0.2) is 18.3 Å². The van der Waals surface area contributed by atoms with E-state index in [4.69, 9.17) is 0 Å². The summed E-state index contributed by atoms with van der Waals surface area (Å²) in [5.41, 5.74) is -1.84. The van der Waals surface area contributed by atoms with Crippen LogP contribution in [0.1, 0.15) is 6.92 Å². The van der Waals surface area contributed by atoms with Crippen molar-refractivity contribution in [1.82, 2.24) is 10.6 Å². The smallest absolute Gasteiger partial charge is 0.292 e. The van der Waals surface area contributed by atoms with E-state index in [-0.39, 0.29) is 6.54 Å². The second kappa shape index (κ2) is 2.10. The molecule has 0 aromatic carbocycles. The average Bonchev–Trinajstić information content (AvgIpc) is 2.13. The van der Waals surface area contributed by atoms with Gasteiger partial charge in [0.25, 0.3) is 0 Å². The van der Waals surface area contributed by atoms with Crippen LogP contribution in [-0.2, 0) is 0 Å². The molecule has 0 aromatic rings. The summed E-state index contributed by atoms with van der Waals surface area (Å²) < 4.78 is 36.0. The van der Waals surface area contributed by atoms with Crippen LogP contribution < -0.4 is 10.6 Å². The Hall–Kier alpha value is -0.290. The van der Waals surface area contributed by atoms with Crippen molar-refractivity contribution in [2.75, 3.05) is 6.54 Å². The molecule has 0 amide bonds. The first kappa shape index (κ1) is 7.81. The maximum absolute atomic E-state index is 12.0. The number of nitrogens with one attached hydrogen (secondary N) is 2. The topological polar surface area (TPSA) is 24.1 Å². The molecule has 58 valence electrons. The zero-order valence-electron chi connectivity index (χ0n) is 5.34. The largest absolute Gasteiger partial charge is 0.407 e. The molecule has 10 heavy (non-hydrogen) atoms. The van der Waals surface area contributed by atoms with Crippen molar-refractivity contribution >= 4 is 0 Å². The second-order valence-electron chi connectivity index (χ2n) is 2.43. The molecular weight excluding hydrogens is 145 g/mol. The average molecular weight is 152 g/mol. The highest BCUT2D eigenvalue weighted by Gasteiger charge is 2.52. The molecule has 1 aliphatic heterocycles. The monoisotopic (exact) mass is 152 g/mol. The minimum absolute atomic E-state index is 0.156. The number of hydrogen-bond donors (Lipinski definition) is 2. The van der Waals surface area contributed by atoms with Gasteiger partial charge in [0.1, 0.15) is 12.2 Å². The van der Waals surface area contributed by atoms with E-state index in [1.54, 1.807) is 0 Å². The maximum atomic E-state index is 12.0. The van der Waals surface area contributed by atoms with Gasteiger partial charge < -0.3 is 0 Å². The third-order valence-electron chi connectivity index (χ3n) is 1.49. The van der Waals surface area contributed by atoms with E-state index in [2.05, 4.69) is 17.3 Å². The predicted molar refractivity (Wildman–Crippen MR) is 28.8 cm³/mol. The molecule has 1 heterocycles. The molecule has 1 fully saturated rings. The van der Waals surface area contributed by atoms with E-state index in [9.17, 15) is 13.2 Å². The second-order valence-corrected chi connectivity index (χ2v) is 2.43. The molecular formula is C5H7F3N2. The number of halogens is 3. The third-order valence-corrected chi connectivity index (χ3v) is 1.49. The summed E-state index contributed by atoms with van der Waals surface area (Å²) in [4.78, 5) is 0. The van der Waals surface area contributed by atoms with Crippen LogP contribution in [0.2, 0.25) is 0 Å². The lowest BCUT2D eigenvalue weighted by Gasteiger charge is -2.25. The summed E-state index contributed by atoms with van der Waals surface area (Å²) in [5.74, 6) is 0. The molecule has 5 heteroatoms. The van der Waals surface area contributed by atoms with Gasteiger partial charge in [-0.15, -0.1) is 0 Å². The minimum atomic E-state index is -4.22. The van der Waals surface area contributed by atoms with Gasteiger partial charge in [-0.05, 0) is 6.92 Å². The zero-order valence-corrected chi connectivity index (χ0v) is 5.34. The van der Waals surface area contributed by atoms with Crippen molar-refractivity contribution in [2.24, 2.45) is 0 Å². The highest BCUT2D eigenvalue weighted by molar-refractivity contribution is 5.00. The van der Waals surface area contributed by atoms with Gasteiger partial charge in [-0.3, -0.25) is 10.6 Å². The van der Waals surface area contributed by atoms with Crippen LogP contribution in [0.25, 0.3) is 0 Å². The normalized spacial score (nSPS) is 34.8. The Labute approximate surface area is 56.8 Å². The van der Waals surface area contributed by atoms with E-state index < -0.39 is 11.7 Å². The van der Waals surface area contributed by atoms with Crippen molar-refractivity contribution in [1.29, 1.82) is 0 Å². The Bertz CT molecular complexity index is 125. The predicted octanol–water partition coefficient (Wildman–Crippen LogP) is 0.496. The van der Waals surface area contributed by atoms with E-state index in [1.807, 2.05) is 0 Å². The summed E-state index contributed by atoms with van der Waals surface area (Å²) in [6, 6.07) is 0.